The van der Waals surface area contributed by atoms with E-state index >= 15 is 0 Å². The maximum atomic E-state index is 11.1. The Kier molecular flexibility index (Phi) is 1.35. The molecule has 2 rings (SSSR count). The van der Waals surface area contributed by atoms with E-state index in [1.165, 1.54) is 17.5 Å². The largest absolute Gasteiger partial charge is 0.345 e. The van der Waals surface area contributed by atoms with Crippen LogP contribution in [0.1, 0.15) is 10.4 Å². The Hall–Kier alpha value is -1.38. The third kappa shape index (κ3) is 0.981. The molecule has 0 saturated heterocycles. The molecule has 1 amide bonds. The van der Waals surface area contributed by atoms with Crippen molar-refractivity contribution in [2.75, 3.05) is 5.32 Å². The topological polar surface area (TPSA) is 41.5 Å². The number of anilines is 1. The average Bonchev–Trinajstić information content (AvgIpc) is 2.40. The molecule has 0 saturated carbocycles. The van der Waals surface area contributed by atoms with Gasteiger partial charge in [0.1, 0.15) is 5.00 Å². The van der Waals surface area contributed by atoms with Gasteiger partial charge in [-0.05, 0) is 11.4 Å². The highest BCUT2D eigenvalue weighted by Crippen LogP contribution is 2.24. The zero-order valence-electron chi connectivity index (χ0n) is 5.50. The number of nitrogens with zero attached hydrogens (tertiary/aromatic N) is 1. The van der Waals surface area contributed by atoms with Crippen LogP contribution in [0.25, 0.3) is 0 Å². The van der Waals surface area contributed by atoms with Crippen LogP contribution < -0.4 is 5.32 Å². The number of thiophene rings is 1. The molecule has 0 fully saturated rings. The van der Waals surface area contributed by atoms with Crippen LogP contribution in [-0.2, 0) is 0 Å². The fourth-order valence-corrected chi connectivity index (χ4v) is 1.59. The lowest BCUT2D eigenvalue weighted by Crippen LogP contribution is -1.92. The number of rotatable bonds is 0. The van der Waals surface area contributed by atoms with Crippen LogP contribution in [0.15, 0.2) is 22.6 Å². The van der Waals surface area contributed by atoms with Gasteiger partial charge in [-0.25, -0.2) is 0 Å². The highest BCUT2D eigenvalue weighted by molar-refractivity contribution is 7.14. The molecule has 0 aliphatic carbocycles. The summed E-state index contributed by atoms with van der Waals surface area (Å²) in [5.41, 5.74) is 0.622. The summed E-state index contributed by atoms with van der Waals surface area (Å²) >= 11 is 1.48. The van der Waals surface area contributed by atoms with E-state index in [4.69, 9.17) is 0 Å². The first-order valence-corrected chi connectivity index (χ1v) is 3.92. The molecule has 0 unspecified atom stereocenters. The number of hydrogen-bond donors (Lipinski definition) is 1. The van der Waals surface area contributed by atoms with E-state index in [0.29, 0.717) is 5.56 Å². The molecule has 1 aromatic heterocycles. The lowest BCUT2D eigenvalue weighted by Gasteiger charge is -1.93. The van der Waals surface area contributed by atoms with Crippen molar-refractivity contribution in [1.29, 1.82) is 0 Å². The molecular weight excluding hydrogens is 160 g/mol. The highest BCUT2D eigenvalue weighted by atomic mass is 32.1. The third-order valence-corrected chi connectivity index (χ3v) is 2.18. The quantitative estimate of drug-likeness (QED) is 0.631. The second kappa shape index (κ2) is 2.34. The standard InChI is InChI=1S/C7H4N2OS/c10-6-5-1-4-11-7(5)9-3-2-8-6/h1,3-4,9H. The SMILES string of the molecule is O=C1N=C=CNc2sccc21. The molecule has 1 aromatic rings. The summed E-state index contributed by atoms with van der Waals surface area (Å²) in [4.78, 5) is 14.6. The van der Waals surface area contributed by atoms with Gasteiger partial charge in [-0.1, -0.05) is 0 Å². The molecule has 4 heteroatoms. The van der Waals surface area contributed by atoms with Gasteiger partial charge in [0.25, 0.3) is 5.91 Å². The normalized spacial score (nSPS) is 14.0. The highest BCUT2D eigenvalue weighted by Gasteiger charge is 2.11. The summed E-state index contributed by atoms with van der Waals surface area (Å²) in [6.45, 7) is 0. The predicted molar refractivity (Wildman–Crippen MR) is 44.3 cm³/mol. The second-order valence-electron chi connectivity index (χ2n) is 2.00. The van der Waals surface area contributed by atoms with Gasteiger partial charge in [0, 0.05) is 5.87 Å². The molecule has 1 aliphatic heterocycles. The van der Waals surface area contributed by atoms with Crippen LogP contribution in [0.4, 0.5) is 5.00 Å². The maximum Gasteiger partial charge on any atom is 0.288 e. The van der Waals surface area contributed by atoms with E-state index in [9.17, 15) is 4.79 Å². The molecule has 3 nitrogen and oxygen atoms in total. The van der Waals surface area contributed by atoms with Crippen LogP contribution in [0.5, 0.6) is 0 Å². The van der Waals surface area contributed by atoms with Crippen molar-refractivity contribution in [2.24, 2.45) is 4.99 Å². The molecule has 0 bridgehead atoms. The van der Waals surface area contributed by atoms with Crippen molar-refractivity contribution < 1.29 is 4.79 Å². The van der Waals surface area contributed by atoms with Crippen molar-refractivity contribution in [3.05, 3.63) is 23.2 Å². The maximum absolute atomic E-state index is 11.1. The van der Waals surface area contributed by atoms with Crippen LogP contribution in [0.2, 0.25) is 0 Å². The lowest BCUT2D eigenvalue weighted by molar-refractivity contribution is 0.100. The van der Waals surface area contributed by atoms with Crippen molar-refractivity contribution >= 4 is 28.1 Å². The predicted octanol–water partition coefficient (Wildman–Crippen LogP) is 1.50. The Balaban J connectivity index is 2.59. The van der Waals surface area contributed by atoms with Gasteiger partial charge in [-0.2, -0.15) is 4.99 Å². The summed E-state index contributed by atoms with van der Waals surface area (Å²) in [6.07, 6.45) is 1.53. The molecule has 11 heavy (non-hydrogen) atoms. The Morgan fingerprint density at radius 2 is 2.55 bits per heavy atom. The average molecular weight is 164 g/mol. The van der Waals surface area contributed by atoms with E-state index in [-0.39, 0.29) is 5.91 Å². The Labute approximate surface area is 67.1 Å². The van der Waals surface area contributed by atoms with E-state index < -0.39 is 0 Å². The van der Waals surface area contributed by atoms with E-state index in [1.54, 1.807) is 6.07 Å². The van der Waals surface area contributed by atoms with Gasteiger partial charge in [0.05, 0.1) is 11.8 Å². The number of amides is 1. The van der Waals surface area contributed by atoms with Crippen LogP contribution in [0, 0.1) is 0 Å². The lowest BCUT2D eigenvalue weighted by atomic mass is 10.3. The summed E-state index contributed by atoms with van der Waals surface area (Å²) in [5.74, 6) is 2.24. The third-order valence-electron chi connectivity index (χ3n) is 1.33. The van der Waals surface area contributed by atoms with Gasteiger partial charge in [0.2, 0.25) is 0 Å². The van der Waals surface area contributed by atoms with Crippen LogP contribution in [-0.4, -0.2) is 11.8 Å². The summed E-state index contributed by atoms with van der Waals surface area (Å²) < 4.78 is 0. The molecule has 1 N–H and O–H groups in total. The van der Waals surface area contributed by atoms with Gasteiger partial charge < -0.3 is 5.32 Å². The van der Waals surface area contributed by atoms with Gasteiger partial charge in [0.15, 0.2) is 0 Å². The van der Waals surface area contributed by atoms with Crippen molar-refractivity contribution in [1.82, 2.24) is 0 Å². The minimum absolute atomic E-state index is 0.234. The Morgan fingerprint density at radius 1 is 1.64 bits per heavy atom. The fourth-order valence-electron chi connectivity index (χ4n) is 0.838. The molecule has 2 heterocycles. The summed E-state index contributed by atoms with van der Waals surface area (Å²) in [7, 11) is 0. The summed E-state index contributed by atoms with van der Waals surface area (Å²) in [6, 6.07) is 1.75. The van der Waals surface area contributed by atoms with Crippen molar-refractivity contribution in [3.63, 3.8) is 0 Å². The van der Waals surface area contributed by atoms with E-state index in [2.05, 4.69) is 16.2 Å². The number of hydrogen-bond acceptors (Lipinski definition) is 3. The first-order chi connectivity index (χ1) is 5.38. The van der Waals surface area contributed by atoms with Gasteiger partial charge in [-0.15, -0.1) is 11.3 Å². The summed E-state index contributed by atoms with van der Waals surface area (Å²) in [5, 5.41) is 5.59. The molecule has 0 spiro atoms. The molecular formula is C7H4N2OS. The minimum Gasteiger partial charge on any atom is -0.345 e. The smallest absolute Gasteiger partial charge is 0.288 e. The van der Waals surface area contributed by atoms with Gasteiger partial charge in [-0.3, -0.25) is 4.79 Å². The van der Waals surface area contributed by atoms with E-state index in [1.807, 2.05) is 5.38 Å². The zero-order valence-corrected chi connectivity index (χ0v) is 6.31. The van der Waals surface area contributed by atoms with Gasteiger partial charge >= 0.3 is 0 Å². The Morgan fingerprint density at radius 3 is 3.45 bits per heavy atom. The number of carbonyl (C=O) groups is 1. The number of carbonyl (C=O) groups excluding carboxylic acids is 1. The first-order valence-electron chi connectivity index (χ1n) is 3.04. The second-order valence-corrected chi connectivity index (χ2v) is 2.91. The number of nitrogens with one attached hydrogen (secondary N) is 1. The number of fused-ring (bicyclic) bond motifs is 1. The molecule has 1 aliphatic rings. The molecule has 0 aromatic carbocycles. The number of aliphatic imine (C=N–C) groups is 1. The Bertz CT molecular complexity index is 360. The minimum atomic E-state index is -0.234. The first kappa shape index (κ1) is 6.34. The van der Waals surface area contributed by atoms with Crippen molar-refractivity contribution in [2.45, 2.75) is 0 Å². The monoisotopic (exact) mass is 164 g/mol. The fraction of sp³-hybridized carbons (Fsp3) is 0. The molecule has 0 radical (unpaired) electrons. The van der Waals surface area contributed by atoms with Crippen molar-refractivity contribution in [3.8, 4) is 0 Å². The van der Waals surface area contributed by atoms with E-state index in [0.717, 1.165) is 5.00 Å². The van der Waals surface area contributed by atoms with Crippen LogP contribution in [0.3, 0.4) is 0 Å². The van der Waals surface area contributed by atoms with Crippen LogP contribution >= 0.6 is 11.3 Å². The molecule has 0 atom stereocenters. The molecule has 54 valence electrons. The zero-order chi connectivity index (χ0) is 7.68.